The quantitative estimate of drug-likeness (QED) is 0.697. The van der Waals surface area contributed by atoms with Gasteiger partial charge in [0.1, 0.15) is 0 Å². The molecule has 0 aromatic heterocycles. The highest BCUT2D eigenvalue weighted by molar-refractivity contribution is 7.80. The van der Waals surface area contributed by atoms with Crippen LogP contribution in [0, 0.1) is 5.92 Å². The molecule has 0 bridgehead atoms. The first-order chi connectivity index (χ1) is 7.95. The molecule has 1 rings (SSSR count). The molecule has 6 heteroatoms. The number of hydrogen-bond acceptors (Lipinski definition) is 3. The van der Waals surface area contributed by atoms with Crippen molar-refractivity contribution < 1.29 is 9.59 Å². The van der Waals surface area contributed by atoms with Gasteiger partial charge in [0.15, 0.2) is 0 Å². The number of rotatable bonds is 4. The number of amides is 2. The van der Waals surface area contributed by atoms with Gasteiger partial charge in [-0.1, -0.05) is 19.1 Å². The van der Waals surface area contributed by atoms with Gasteiger partial charge < -0.3 is 16.0 Å². The van der Waals surface area contributed by atoms with Crippen molar-refractivity contribution in [2.75, 3.05) is 13.1 Å². The lowest BCUT2D eigenvalue weighted by Crippen LogP contribution is -2.42. The summed E-state index contributed by atoms with van der Waals surface area (Å²) in [6.45, 7) is 4.58. The Morgan fingerprint density at radius 3 is 2.71 bits per heavy atom. The Bertz CT molecular complexity index is 333. The highest BCUT2D eigenvalue weighted by Gasteiger charge is 2.31. The van der Waals surface area contributed by atoms with Crippen LogP contribution in [0.15, 0.2) is 0 Å². The second-order valence-corrected chi connectivity index (χ2v) is 4.80. The molecule has 1 saturated heterocycles. The molecule has 1 aliphatic heterocycles. The molecule has 2 atom stereocenters. The van der Waals surface area contributed by atoms with E-state index in [0.29, 0.717) is 19.5 Å². The summed E-state index contributed by atoms with van der Waals surface area (Å²) >= 11 is 4.89. The number of nitrogens with one attached hydrogen (secondary N) is 1. The molecule has 2 unspecified atom stereocenters. The molecule has 0 saturated carbocycles. The van der Waals surface area contributed by atoms with E-state index in [9.17, 15) is 9.59 Å². The van der Waals surface area contributed by atoms with Crippen LogP contribution in [0.25, 0.3) is 0 Å². The number of thiocarbonyl (C=S) groups is 1. The predicted octanol–water partition coefficient (Wildman–Crippen LogP) is 0.0357. The topological polar surface area (TPSA) is 75.4 Å². The van der Waals surface area contributed by atoms with Crippen LogP contribution in [0.2, 0.25) is 0 Å². The number of nitrogens with two attached hydrogens (primary N) is 1. The van der Waals surface area contributed by atoms with E-state index >= 15 is 0 Å². The van der Waals surface area contributed by atoms with Crippen molar-refractivity contribution in [2.24, 2.45) is 11.7 Å². The Morgan fingerprint density at radius 1 is 1.59 bits per heavy atom. The van der Waals surface area contributed by atoms with Crippen molar-refractivity contribution in [1.82, 2.24) is 10.2 Å². The first-order valence-corrected chi connectivity index (χ1v) is 6.21. The Hall–Kier alpha value is -1.17. The normalized spacial score (nSPS) is 21.1. The largest absolute Gasteiger partial charge is 0.393 e. The maximum atomic E-state index is 12.1. The standard InChI is InChI=1S/C11H19N3O2S/c1-3-9(10(12)17)11(16)14-5-4-8(6-14)13-7(2)15/h8-9H,3-6H2,1-2H3,(H2,12,17)(H,13,15). The van der Waals surface area contributed by atoms with Gasteiger partial charge in [0, 0.05) is 26.1 Å². The minimum Gasteiger partial charge on any atom is -0.393 e. The summed E-state index contributed by atoms with van der Waals surface area (Å²) in [6.07, 6.45) is 1.41. The van der Waals surface area contributed by atoms with Gasteiger partial charge in [0.05, 0.1) is 10.9 Å². The van der Waals surface area contributed by atoms with Crippen molar-refractivity contribution in [3.8, 4) is 0 Å². The molecule has 1 aliphatic rings. The highest BCUT2D eigenvalue weighted by atomic mass is 32.1. The first-order valence-electron chi connectivity index (χ1n) is 5.80. The molecule has 0 spiro atoms. The summed E-state index contributed by atoms with van der Waals surface area (Å²) in [4.78, 5) is 25.0. The molecular formula is C11H19N3O2S. The van der Waals surface area contributed by atoms with Gasteiger partial charge in [-0.25, -0.2) is 0 Å². The van der Waals surface area contributed by atoms with Crippen molar-refractivity contribution in [3.63, 3.8) is 0 Å². The van der Waals surface area contributed by atoms with Crippen LogP contribution in [-0.2, 0) is 9.59 Å². The Labute approximate surface area is 107 Å². The molecular weight excluding hydrogens is 238 g/mol. The summed E-state index contributed by atoms with van der Waals surface area (Å²) in [6, 6.07) is 0.0558. The van der Waals surface area contributed by atoms with Crippen molar-refractivity contribution in [2.45, 2.75) is 32.7 Å². The lowest BCUT2D eigenvalue weighted by Gasteiger charge is -2.22. The van der Waals surface area contributed by atoms with E-state index in [1.807, 2.05) is 6.92 Å². The third-order valence-electron chi connectivity index (χ3n) is 2.96. The number of carbonyl (C=O) groups is 2. The van der Waals surface area contributed by atoms with Crippen LogP contribution in [0.5, 0.6) is 0 Å². The van der Waals surface area contributed by atoms with Crippen LogP contribution in [0.4, 0.5) is 0 Å². The third kappa shape index (κ3) is 3.66. The third-order valence-corrected chi connectivity index (χ3v) is 3.24. The number of hydrogen-bond donors (Lipinski definition) is 2. The summed E-state index contributed by atoms with van der Waals surface area (Å²) in [5, 5.41) is 2.82. The fraction of sp³-hybridized carbons (Fsp3) is 0.727. The summed E-state index contributed by atoms with van der Waals surface area (Å²) in [7, 11) is 0. The minimum atomic E-state index is -0.374. The monoisotopic (exact) mass is 257 g/mol. The van der Waals surface area contributed by atoms with E-state index in [1.165, 1.54) is 6.92 Å². The average Bonchev–Trinajstić information content (AvgIpc) is 2.65. The second-order valence-electron chi connectivity index (χ2n) is 4.33. The van der Waals surface area contributed by atoms with Crippen LogP contribution >= 0.6 is 12.2 Å². The van der Waals surface area contributed by atoms with Gasteiger partial charge >= 0.3 is 0 Å². The van der Waals surface area contributed by atoms with Gasteiger partial charge in [-0.15, -0.1) is 0 Å². The molecule has 3 N–H and O–H groups in total. The van der Waals surface area contributed by atoms with Gasteiger partial charge in [-0.3, -0.25) is 9.59 Å². The van der Waals surface area contributed by atoms with Gasteiger partial charge in [-0.05, 0) is 12.8 Å². The van der Waals surface area contributed by atoms with E-state index in [1.54, 1.807) is 4.90 Å². The number of nitrogens with zero attached hydrogens (tertiary/aromatic N) is 1. The molecule has 2 amide bonds. The maximum Gasteiger partial charge on any atom is 0.232 e. The summed E-state index contributed by atoms with van der Waals surface area (Å²) < 4.78 is 0. The fourth-order valence-electron chi connectivity index (χ4n) is 2.08. The van der Waals surface area contributed by atoms with Crippen LogP contribution < -0.4 is 11.1 Å². The highest BCUT2D eigenvalue weighted by Crippen LogP contribution is 2.15. The Kier molecular flexibility index (Phi) is 4.86. The first kappa shape index (κ1) is 13.9. The van der Waals surface area contributed by atoms with E-state index in [2.05, 4.69) is 5.32 Å². The molecule has 0 radical (unpaired) electrons. The van der Waals surface area contributed by atoms with Gasteiger partial charge in [-0.2, -0.15) is 0 Å². The minimum absolute atomic E-state index is 0.0205. The van der Waals surface area contributed by atoms with Crippen LogP contribution in [0.1, 0.15) is 26.7 Å². The van der Waals surface area contributed by atoms with Gasteiger partial charge in [0.25, 0.3) is 0 Å². The molecule has 96 valence electrons. The van der Waals surface area contributed by atoms with Crippen molar-refractivity contribution in [3.05, 3.63) is 0 Å². The summed E-state index contributed by atoms with van der Waals surface area (Å²) in [5.74, 6) is -0.459. The lowest BCUT2D eigenvalue weighted by molar-refractivity contribution is -0.132. The van der Waals surface area contributed by atoms with Crippen LogP contribution in [-0.4, -0.2) is 40.8 Å². The lowest BCUT2D eigenvalue weighted by atomic mass is 10.1. The SMILES string of the molecule is CCC(C(=O)N1CCC(NC(C)=O)C1)C(N)=S. The Balaban J connectivity index is 2.55. The van der Waals surface area contributed by atoms with Crippen LogP contribution in [0.3, 0.4) is 0 Å². The Morgan fingerprint density at radius 2 is 2.24 bits per heavy atom. The van der Waals surface area contributed by atoms with E-state index in [-0.39, 0.29) is 28.8 Å². The maximum absolute atomic E-state index is 12.1. The molecule has 0 aromatic carbocycles. The van der Waals surface area contributed by atoms with Gasteiger partial charge in [0.2, 0.25) is 11.8 Å². The van der Waals surface area contributed by atoms with E-state index in [0.717, 1.165) is 6.42 Å². The zero-order valence-corrected chi connectivity index (χ0v) is 11.0. The van der Waals surface area contributed by atoms with Crippen molar-refractivity contribution in [1.29, 1.82) is 0 Å². The van der Waals surface area contributed by atoms with E-state index < -0.39 is 0 Å². The summed E-state index contributed by atoms with van der Waals surface area (Å²) in [5.41, 5.74) is 5.55. The zero-order chi connectivity index (χ0) is 13.0. The second kappa shape index (κ2) is 5.95. The number of likely N-dealkylation sites (tertiary alicyclic amines) is 1. The molecule has 5 nitrogen and oxygen atoms in total. The molecule has 17 heavy (non-hydrogen) atoms. The molecule has 1 heterocycles. The predicted molar refractivity (Wildman–Crippen MR) is 69.4 cm³/mol. The van der Waals surface area contributed by atoms with E-state index in [4.69, 9.17) is 18.0 Å². The fourth-order valence-corrected chi connectivity index (χ4v) is 2.35. The number of carbonyl (C=O) groups excluding carboxylic acids is 2. The zero-order valence-electron chi connectivity index (χ0n) is 10.2. The molecule has 0 aromatic rings. The molecule has 0 aliphatic carbocycles. The van der Waals surface area contributed by atoms with Crippen molar-refractivity contribution >= 4 is 29.0 Å². The smallest absolute Gasteiger partial charge is 0.232 e. The molecule has 1 fully saturated rings. The average molecular weight is 257 g/mol.